The van der Waals surface area contributed by atoms with Crippen molar-refractivity contribution in [2.24, 2.45) is 0 Å². The van der Waals surface area contributed by atoms with Crippen molar-refractivity contribution in [1.29, 1.82) is 0 Å². The Kier molecular flexibility index (Phi) is 3.20. The van der Waals surface area contributed by atoms with Gasteiger partial charge in [-0.2, -0.15) is 15.1 Å². The molecule has 2 aromatic heterocycles. The fraction of sp³-hybridized carbons (Fsp3) is 0.583. The molecule has 102 valence electrons. The molecular formula is C12H18N6O. The fourth-order valence-corrected chi connectivity index (χ4v) is 2.33. The van der Waals surface area contributed by atoms with E-state index in [9.17, 15) is 0 Å². The summed E-state index contributed by atoms with van der Waals surface area (Å²) in [4.78, 5) is 11.2. The zero-order chi connectivity index (χ0) is 13.2. The first-order chi connectivity index (χ1) is 9.31. The summed E-state index contributed by atoms with van der Waals surface area (Å²) >= 11 is 0. The number of H-pyrrole nitrogens is 1. The van der Waals surface area contributed by atoms with Crippen molar-refractivity contribution in [3.8, 4) is 0 Å². The number of rotatable bonds is 3. The summed E-state index contributed by atoms with van der Waals surface area (Å²) < 4.78 is 5.70. The highest BCUT2D eigenvalue weighted by Crippen LogP contribution is 2.25. The number of hydrogen-bond donors (Lipinski definition) is 2. The first kappa shape index (κ1) is 12.2. The second kappa shape index (κ2) is 5.00. The second-order valence-electron chi connectivity index (χ2n) is 4.60. The molecule has 0 bridgehead atoms. The number of nitrogens with one attached hydrogen (secondary N) is 2. The maximum atomic E-state index is 5.70. The molecule has 0 radical (unpaired) electrons. The highest BCUT2D eigenvalue weighted by molar-refractivity contribution is 5.87. The molecule has 1 fully saturated rings. The van der Waals surface area contributed by atoms with Gasteiger partial charge in [0.05, 0.1) is 24.3 Å². The highest BCUT2D eigenvalue weighted by Gasteiger charge is 2.23. The molecule has 1 atom stereocenters. The molecular weight excluding hydrogens is 244 g/mol. The predicted octanol–water partition coefficient (Wildman–Crippen LogP) is 1.01. The Labute approximate surface area is 111 Å². The minimum absolute atomic E-state index is 0.267. The van der Waals surface area contributed by atoms with Gasteiger partial charge in [0.1, 0.15) is 5.82 Å². The Hall–Kier alpha value is -1.89. The predicted molar refractivity (Wildman–Crippen MR) is 73.5 cm³/mol. The summed E-state index contributed by atoms with van der Waals surface area (Å²) in [6, 6.07) is 0. The molecule has 1 saturated heterocycles. The van der Waals surface area contributed by atoms with E-state index >= 15 is 0 Å². The van der Waals surface area contributed by atoms with Crippen LogP contribution in [0.1, 0.15) is 13.3 Å². The van der Waals surface area contributed by atoms with E-state index in [1.165, 1.54) is 0 Å². The van der Waals surface area contributed by atoms with E-state index in [1.807, 2.05) is 7.05 Å². The average Bonchev–Trinajstić information content (AvgIpc) is 2.94. The fourth-order valence-electron chi connectivity index (χ4n) is 2.33. The number of ether oxygens (including phenoxy) is 1. The lowest BCUT2D eigenvalue weighted by Gasteiger charge is -2.33. The highest BCUT2D eigenvalue weighted by atomic mass is 16.5. The van der Waals surface area contributed by atoms with Gasteiger partial charge in [-0.15, -0.1) is 0 Å². The molecule has 3 heterocycles. The maximum absolute atomic E-state index is 5.70. The van der Waals surface area contributed by atoms with Gasteiger partial charge >= 0.3 is 0 Å². The Bertz CT molecular complexity index is 568. The van der Waals surface area contributed by atoms with Crippen LogP contribution < -0.4 is 10.2 Å². The van der Waals surface area contributed by atoms with Gasteiger partial charge in [0.25, 0.3) is 0 Å². The van der Waals surface area contributed by atoms with Crippen LogP contribution in [0.2, 0.25) is 0 Å². The first-order valence-electron chi connectivity index (χ1n) is 6.57. The smallest absolute Gasteiger partial charge is 0.226 e. The van der Waals surface area contributed by atoms with Crippen LogP contribution in [0.3, 0.4) is 0 Å². The van der Waals surface area contributed by atoms with E-state index in [0.29, 0.717) is 5.95 Å². The van der Waals surface area contributed by atoms with Gasteiger partial charge in [0.15, 0.2) is 5.65 Å². The molecule has 1 unspecified atom stereocenters. The standard InChI is InChI=1S/C12H18N6O/c1-3-8-7-18(4-5-19-8)11-9-6-14-17-10(9)15-12(13-2)16-11/h6,8H,3-5,7H2,1-2H3,(H2,13,14,15,16,17). The van der Waals surface area contributed by atoms with Crippen LogP contribution in [0.5, 0.6) is 0 Å². The summed E-state index contributed by atoms with van der Waals surface area (Å²) in [5.41, 5.74) is 0.758. The number of aromatic amines is 1. The molecule has 7 heteroatoms. The van der Waals surface area contributed by atoms with Gasteiger partial charge in [-0.25, -0.2) is 0 Å². The van der Waals surface area contributed by atoms with Crippen molar-refractivity contribution in [1.82, 2.24) is 20.2 Å². The van der Waals surface area contributed by atoms with Crippen LogP contribution in [-0.4, -0.2) is 53.0 Å². The van der Waals surface area contributed by atoms with Crippen LogP contribution in [0, 0.1) is 0 Å². The molecule has 0 aliphatic carbocycles. The zero-order valence-corrected chi connectivity index (χ0v) is 11.2. The van der Waals surface area contributed by atoms with Gasteiger partial charge in [-0.05, 0) is 6.42 Å². The zero-order valence-electron chi connectivity index (χ0n) is 11.2. The number of anilines is 2. The van der Waals surface area contributed by atoms with Crippen LogP contribution in [0.15, 0.2) is 6.20 Å². The quantitative estimate of drug-likeness (QED) is 0.859. The normalized spacial score (nSPS) is 19.9. The number of hydrogen-bond acceptors (Lipinski definition) is 6. The van der Waals surface area contributed by atoms with Crippen molar-refractivity contribution in [2.75, 3.05) is 37.0 Å². The minimum Gasteiger partial charge on any atom is -0.375 e. The van der Waals surface area contributed by atoms with Crippen molar-refractivity contribution < 1.29 is 4.74 Å². The summed E-state index contributed by atoms with van der Waals surface area (Å²) in [5.74, 6) is 1.52. The Morgan fingerprint density at radius 1 is 1.53 bits per heavy atom. The number of morpholine rings is 1. The summed E-state index contributed by atoms with van der Waals surface area (Å²) in [6.45, 7) is 4.57. The van der Waals surface area contributed by atoms with Crippen molar-refractivity contribution in [2.45, 2.75) is 19.4 Å². The SMILES string of the molecule is CCC1CN(c2nc(NC)nc3[nH]ncc23)CCO1. The van der Waals surface area contributed by atoms with E-state index in [2.05, 4.69) is 37.3 Å². The van der Waals surface area contributed by atoms with E-state index in [4.69, 9.17) is 4.74 Å². The maximum Gasteiger partial charge on any atom is 0.226 e. The third kappa shape index (κ3) is 2.21. The molecule has 3 rings (SSSR count). The molecule has 7 nitrogen and oxygen atoms in total. The Balaban J connectivity index is 2.00. The second-order valence-corrected chi connectivity index (χ2v) is 4.60. The van der Waals surface area contributed by atoms with Gasteiger partial charge in [-0.3, -0.25) is 5.10 Å². The van der Waals surface area contributed by atoms with Crippen LogP contribution in [0.4, 0.5) is 11.8 Å². The molecule has 0 amide bonds. The van der Waals surface area contributed by atoms with Crippen LogP contribution in [-0.2, 0) is 4.74 Å². The minimum atomic E-state index is 0.267. The number of nitrogens with zero attached hydrogens (tertiary/aromatic N) is 4. The van der Waals surface area contributed by atoms with Crippen molar-refractivity contribution in [3.05, 3.63) is 6.20 Å². The van der Waals surface area contributed by atoms with Gasteiger partial charge in [0.2, 0.25) is 5.95 Å². The van der Waals surface area contributed by atoms with Gasteiger partial charge in [-0.1, -0.05) is 6.92 Å². The summed E-state index contributed by atoms with van der Waals surface area (Å²) in [5, 5.41) is 10.9. The van der Waals surface area contributed by atoms with E-state index < -0.39 is 0 Å². The molecule has 1 aliphatic rings. The third-order valence-corrected chi connectivity index (χ3v) is 3.41. The summed E-state index contributed by atoms with van der Waals surface area (Å²) in [7, 11) is 1.81. The molecule has 0 saturated carbocycles. The molecule has 1 aliphatic heterocycles. The largest absolute Gasteiger partial charge is 0.375 e. The average molecular weight is 262 g/mol. The van der Waals surface area contributed by atoms with E-state index in [1.54, 1.807) is 6.20 Å². The topological polar surface area (TPSA) is 79.0 Å². The molecule has 19 heavy (non-hydrogen) atoms. The van der Waals surface area contributed by atoms with Crippen molar-refractivity contribution in [3.63, 3.8) is 0 Å². The molecule has 2 aromatic rings. The van der Waals surface area contributed by atoms with Gasteiger partial charge < -0.3 is 15.0 Å². The Morgan fingerprint density at radius 2 is 2.42 bits per heavy atom. The van der Waals surface area contributed by atoms with E-state index in [-0.39, 0.29) is 6.10 Å². The lowest BCUT2D eigenvalue weighted by molar-refractivity contribution is 0.0383. The lowest BCUT2D eigenvalue weighted by Crippen LogP contribution is -2.42. The van der Waals surface area contributed by atoms with Crippen LogP contribution >= 0.6 is 0 Å². The number of aromatic nitrogens is 4. The van der Waals surface area contributed by atoms with Crippen molar-refractivity contribution >= 4 is 22.8 Å². The van der Waals surface area contributed by atoms with Crippen LogP contribution in [0.25, 0.3) is 11.0 Å². The lowest BCUT2D eigenvalue weighted by atomic mass is 10.2. The van der Waals surface area contributed by atoms with E-state index in [0.717, 1.165) is 43.0 Å². The summed E-state index contributed by atoms with van der Waals surface area (Å²) in [6.07, 6.45) is 3.05. The first-order valence-corrected chi connectivity index (χ1v) is 6.57. The monoisotopic (exact) mass is 262 g/mol. The molecule has 0 aromatic carbocycles. The van der Waals surface area contributed by atoms with Gasteiger partial charge in [0, 0.05) is 20.1 Å². The number of fused-ring (bicyclic) bond motifs is 1. The molecule has 0 spiro atoms. The third-order valence-electron chi connectivity index (χ3n) is 3.41. The molecule has 2 N–H and O–H groups in total. The Morgan fingerprint density at radius 3 is 3.21 bits per heavy atom.